The molecular formula is C19H18FN3OS. The summed E-state index contributed by atoms with van der Waals surface area (Å²) < 4.78 is 13.3. The highest BCUT2D eigenvalue weighted by Gasteiger charge is 2.24. The van der Waals surface area contributed by atoms with Gasteiger partial charge in [-0.15, -0.1) is 0 Å². The zero-order chi connectivity index (χ0) is 17.2. The van der Waals surface area contributed by atoms with Crippen molar-refractivity contribution in [1.29, 1.82) is 0 Å². The molecule has 0 spiro atoms. The van der Waals surface area contributed by atoms with E-state index in [4.69, 9.17) is 0 Å². The standard InChI is InChI=1S/C19H18FN3OS/c20-13-1-6-16-17(19(24)22-18(16)11-13)12-21-14-2-4-15(5-3-14)23-7-9-25-10-8-23/h1-6,11-12,21H,7-10H2,(H,22,24)/b17-12+. The minimum Gasteiger partial charge on any atom is -0.370 e. The van der Waals surface area contributed by atoms with Crippen molar-refractivity contribution in [2.45, 2.75) is 0 Å². The number of fused-ring (bicyclic) bond motifs is 1. The molecule has 1 fully saturated rings. The van der Waals surface area contributed by atoms with E-state index in [9.17, 15) is 9.18 Å². The molecule has 2 aliphatic rings. The lowest BCUT2D eigenvalue weighted by molar-refractivity contribution is -0.110. The first-order valence-electron chi connectivity index (χ1n) is 8.21. The third-order valence-corrected chi connectivity index (χ3v) is 5.33. The molecule has 0 bridgehead atoms. The maximum Gasteiger partial charge on any atom is 0.257 e. The van der Waals surface area contributed by atoms with Crippen LogP contribution in [0, 0.1) is 5.82 Å². The summed E-state index contributed by atoms with van der Waals surface area (Å²) in [4.78, 5) is 14.5. The molecular weight excluding hydrogens is 337 g/mol. The Kier molecular flexibility index (Phi) is 4.36. The van der Waals surface area contributed by atoms with Crippen LogP contribution in [0.15, 0.2) is 48.7 Å². The van der Waals surface area contributed by atoms with Crippen LogP contribution in [0.1, 0.15) is 5.56 Å². The number of rotatable bonds is 3. The van der Waals surface area contributed by atoms with Crippen molar-refractivity contribution in [3.63, 3.8) is 0 Å². The Labute approximate surface area is 150 Å². The molecule has 1 saturated heterocycles. The van der Waals surface area contributed by atoms with Gasteiger partial charge in [-0.05, 0) is 42.5 Å². The third kappa shape index (κ3) is 3.35. The van der Waals surface area contributed by atoms with E-state index in [1.807, 2.05) is 23.9 Å². The Morgan fingerprint density at radius 2 is 1.88 bits per heavy atom. The lowest BCUT2D eigenvalue weighted by Crippen LogP contribution is -2.32. The summed E-state index contributed by atoms with van der Waals surface area (Å²) in [5.74, 6) is 1.75. The number of amides is 1. The molecule has 2 heterocycles. The van der Waals surface area contributed by atoms with Gasteiger partial charge in [0.15, 0.2) is 0 Å². The predicted molar refractivity (Wildman–Crippen MR) is 103 cm³/mol. The van der Waals surface area contributed by atoms with E-state index in [2.05, 4.69) is 27.7 Å². The Hall–Kier alpha value is -2.47. The molecule has 0 unspecified atom stereocenters. The van der Waals surface area contributed by atoms with Gasteiger partial charge in [-0.25, -0.2) is 4.39 Å². The lowest BCUT2D eigenvalue weighted by Gasteiger charge is -2.28. The number of halogens is 1. The van der Waals surface area contributed by atoms with Gasteiger partial charge in [0.1, 0.15) is 5.82 Å². The number of nitrogens with one attached hydrogen (secondary N) is 2. The topological polar surface area (TPSA) is 44.4 Å². The molecule has 6 heteroatoms. The van der Waals surface area contributed by atoms with Gasteiger partial charge in [0, 0.05) is 47.7 Å². The fourth-order valence-corrected chi connectivity index (χ4v) is 3.96. The number of hydrogen-bond acceptors (Lipinski definition) is 4. The molecule has 0 saturated carbocycles. The van der Waals surface area contributed by atoms with Crippen molar-refractivity contribution in [2.75, 3.05) is 40.1 Å². The molecule has 2 aromatic carbocycles. The normalized spacial score (nSPS) is 18.2. The second-order valence-electron chi connectivity index (χ2n) is 5.99. The summed E-state index contributed by atoms with van der Waals surface area (Å²) in [7, 11) is 0. The van der Waals surface area contributed by atoms with Crippen molar-refractivity contribution in [3.8, 4) is 0 Å². The Morgan fingerprint density at radius 3 is 2.64 bits per heavy atom. The van der Waals surface area contributed by atoms with E-state index < -0.39 is 0 Å². The zero-order valence-corrected chi connectivity index (χ0v) is 14.4. The van der Waals surface area contributed by atoms with Crippen molar-refractivity contribution in [2.24, 2.45) is 0 Å². The van der Waals surface area contributed by atoms with Gasteiger partial charge in [0.25, 0.3) is 5.91 Å². The Balaban J connectivity index is 1.49. The van der Waals surface area contributed by atoms with Crippen molar-refractivity contribution >= 4 is 40.3 Å². The molecule has 1 amide bonds. The van der Waals surface area contributed by atoms with Gasteiger partial charge < -0.3 is 15.5 Å². The van der Waals surface area contributed by atoms with E-state index in [1.165, 1.54) is 29.3 Å². The highest BCUT2D eigenvalue weighted by atomic mass is 32.2. The second-order valence-corrected chi connectivity index (χ2v) is 7.22. The van der Waals surface area contributed by atoms with Crippen LogP contribution in [0.25, 0.3) is 5.57 Å². The van der Waals surface area contributed by atoms with Crippen LogP contribution >= 0.6 is 11.8 Å². The van der Waals surface area contributed by atoms with E-state index >= 15 is 0 Å². The summed E-state index contributed by atoms with van der Waals surface area (Å²) in [6.45, 7) is 2.16. The highest BCUT2D eigenvalue weighted by Crippen LogP contribution is 2.32. The first kappa shape index (κ1) is 16.0. The monoisotopic (exact) mass is 355 g/mol. The first-order valence-corrected chi connectivity index (χ1v) is 9.37. The molecule has 0 aliphatic carbocycles. The average Bonchev–Trinajstić information content (AvgIpc) is 2.95. The van der Waals surface area contributed by atoms with E-state index in [0.29, 0.717) is 16.8 Å². The quantitative estimate of drug-likeness (QED) is 0.823. The third-order valence-electron chi connectivity index (χ3n) is 4.39. The fraction of sp³-hybridized carbons (Fsp3) is 0.211. The van der Waals surface area contributed by atoms with E-state index in [0.717, 1.165) is 18.8 Å². The van der Waals surface area contributed by atoms with Gasteiger partial charge >= 0.3 is 0 Å². The number of carbonyl (C=O) groups excluding carboxylic acids is 1. The van der Waals surface area contributed by atoms with Crippen molar-refractivity contribution in [3.05, 3.63) is 60.0 Å². The van der Waals surface area contributed by atoms with Gasteiger partial charge in [-0.1, -0.05) is 0 Å². The number of anilines is 3. The molecule has 0 radical (unpaired) electrons. The summed E-state index contributed by atoms with van der Waals surface area (Å²) in [5.41, 5.74) is 3.86. The van der Waals surface area contributed by atoms with Gasteiger partial charge in [0.05, 0.1) is 11.3 Å². The van der Waals surface area contributed by atoms with Crippen LogP contribution in [-0.4, -0.2) is 30.5 Å². The van der Waals surface area contributed by atoms with Crippen LogP contribution in [0.4, 0.5) is 21.5 Å². The smallest absolute Gasteiger partial charge is 0.257 e. The van der Waals surface area contributed by atoms with Crippen LogP contribution < -0.4 is 15.5 Å². The molecule has 2 N–H and O–H groups in total. The molecule has 0 aromatic heterocycles. The molecule has 4 nitrogen and oxygen atoms in total. The predicted octanol–water partition coefficient (Wildman–Crippen LogP) is 3.78. The fourth-order valence-electron chi connectivity index (χ4n) is 3.06. The van der Waals surface area contributed by atoms with Crippen molar-refractivity contribution in [1.82, 2.24) is 0 Å². The number of nitrogens with zero attached hydrogens (tertiary/aromatic N) is 1. The maximum atomic E-state index is 13.3. The molecule has 128 valence electrons. The van der Waals surface area contributed by atoms with E-state index in [-0.39, 0.29) is 11.7 Å². The minimum absolute atomic E-state index is 0.226. The number of hydrogen-bond donors (Lipinski definition) is 2. The molecule has 4 rings (SSSR count). The van der Waals surface area contributed by atoms with Crippen LogP contribution in [0.5, 0.6) is 0 Å². The molecule has 2 aromatic rings. The summed E-state index contributed by atoms with van der Waals surface area (Å²) in [5, 5.41) is 5.84. The van der Waals surface area contributed by atoms with Gasteiger partial charge in [-0.2, -0.15) is 11.8 Å². The Morgan fingerprint density at radius 1 is 1.12 bits per heavy atom. The van der Waals surface area contributed by atoms with E-state index in [1.54, 1.807) is 12.3 Å². The largest absolute Gasteiger partial charge is 0.370 e. The maximum absolute atomic E-state index is 13.3. The van der Waals surface area contributed by atoms with Gasteiger partial charge in [-0.3, -0.25) is 4.79 Å². The molecule has 0 atom stereocenters. The van der Waals surface area contributed by atoms with Crippen LogP contribution in [-0.2, 0) is 4.79 Å². The minimum atomic E-state index is -0.361. The number of carbonyl (C=O) groups is 1. The summed E-state index contributed by atoms with van der Waals surface area (Å²) in [6, 6.07) is 12.5. The SMILES string of the molecule is O=C1Nc2cc(F)ccc2/C1=C\Nc1ccc(N2CCSCC2)cc1. The van der Waals surface area contributed by atoms with Crippen LogP contribution in [0.3, 0.4) is 0 Å². The van der Waals surface area contributed by atoms with Crippen molar-refractivity contribution < 1.29 is 9.18 Å². The lowest BCUT2D eigenvalue weighted by atomic mass is 10.1. The summed E-state index contributed by atoms with van der Waals surface area (Å²) in [6.07, 6.45) is 1.67. The highest BCUT2D eigenvalue weighted by molar-refractivity contribution is 7.99. The Bertz CT molecular complexity index is 829. The second kappa shape index (κ2) is 6.80. The average molecular weight is 355 g/mol. The summed E-state index contributed by atoms with van der Waals surface area (Å²) >= 11 is 1.99. The number of thioether (sulfide) groups is 1. The number of benzene rings is 2. The first-order chi connectivity index (χ1) is 12.2. The van der Waals surface area contributed by atoms with Gasteiger partial charge in [0.2, 0.25) is 0 Å². The molecule has 2 aliphatic heterocycles. The van der Waals surface area contributed by atoms with Crippen LogP contribution in [0.2, 0.25) is 0 Å². The molecule has 25 heavy (non-hydrogen) atoms. The zero-order valence-electron chi connectivity index (χ0n) is 13.6.